The zero-order valence-corrected chi connectivity index (χ0v) is 15.3. The number of carbonyl (C=O) groups excluding carboxylic acids is 1. The van der Waals surface area contributed by atoms with Gasteiger partial charge in [0.15, 0.2) is 0 Å². The molecule has 2 N–H and O–H groups in total. The topological polar surface area (TPSA) is 135 Å². The molecule has 0 radical (unpaired) electrons. The maximum atomic E-state index is 11.8. The molecule has 0 amide bonds. The molecule has 0 spiro atoms. The van der Waals surface area contributed by atoms with Crippen molar-refractivity contribution < 1.29 is 34.2 Å². The van der Waals surface area contributed by atoms with Crippen LogP contribution in [0.1, 0.15) is 45.3 Å². The number of oxime groups is 1. The lowest BCUT2D eigenvalue weighted by Crippen LogP contribution is -2.33. The van der Waals surface area contributed by atoms with E-state index in [1.165, 1.54) is 19.2 Å². The van der Waals surface area contributed by atoms with E-state index in [1.54, 1.807) is 20.8 Å². The first-order valence-corrected chi connectivity index (χ1v) is 8.09. The third kappa shape index (κ3) is 6.49. The molecule has 9 nitrogen and oxygen atoms in total. The lowest BCUT2D eigenvalue weighted by Gasteiger charge is -2.18. The summed E-state index contributed by atoms with van der Waals surface area (Å²) in [5, 5.41) is 23.3. The molecule has 0 fully saturated rings. The van der Waals surface area contributed by atoms with Crippen LogP contribution in [0.15, 0.2) is 10.5 Å². The Kier molecular flexibility index (Phi) is 6.25. The molecule has 0 aliphatic heterocycles. The first-order chi connectivity index (χ1) is 11.3. The third-order valence-electron chi connectivity index (χ3n) is 2.59. The Balaban J connectivity index is 2.94. The number of carboxylic acid groups (broad SMARTS) is 2. The minimum Gasteiger partial charge on any atom is -0.478 e. The van der Waals surface area contributed by atoms with Gasteiger partial charge in [0.25, 0.3) is 0 Å². The second-order valence-electron chi connectivity index (χ2n) is 6.54. The van der Waals surface area contributed by atoms with Gasteiger partial charge in [0, 0.05) is 5.38 Å². The molecule has 10 heteroatoms. The fourth-order valence-corrected chi connectivity index (χ4v) is 2.16. The van der Waals surface area contributed by atoms with Gasteiger partial charge in [-0.15, -0.1) is 11.3 Å². The number of carbonyl (C=O) groups is 3. The standard InChI is InChI=1S/C15H20N2O7S/c1-14(2,3)23-10(18)6-9-16-8(7-25-9)11(12(19)20)17-24-15(4,5)13(21)22/h7H,6H2,1-5H3,(H,19,20)(H,21,22)/b17-11-. The van der Waals surface area contributed by atoms with Crippen molar-refractivity contribution in [2.75, 3.05) is 0 Å². The van der Waals surface area contributed by atoms with Crippen molar-refractivity contribution in [3.05, 3.63) is 16.1 Å². The van der Waals surface area contributed by atoms with Gasteiger partial charge in [-0.1, -0.05) is 5.16 Å². The number of aromatic nitrogens is 1. The number of hydrogen-bond acceptors (Lipinski definition) is 8. The van der Waals surface area contributed by atoms with Crippen molar-refractivity contribution >= 4 is 35.0 Å². The van der Waals surface area contributed by atoms with E-state index in [-0.39, 0.29) is 12.1 Å². The van der Waals surface area contributed by atoms with Gasteiger partial charge in [-0.25, -0.2) is 14.6 Å². The van der Waals surface area contributed by atoms with E-state index in [0.717, 1.165) is 11.3 Å². The number of hydrogen-bond donors (Lipinski definition) is 2. The predicted octanol–water partition coefficient (Wildman–Crippen LogP) is 1.70. The summed E-state index contributed by atoms with van der Waals surface area (Å²) < 4.78 is 5.17. The lowest BCUT2D eigenvalue weighted by atomic mass is 10.1. The summed E-state index contributed by atoms with van der Waals surface area (Å²) in [6.07, 6.45) is -0.115. The molecule has 1 aromatic rings. The number of esters is 1. The Hall–Kier alpha value is -2.49. The molecule has 1 rings (SSSR count). The number of nitrogens with zero attached hydrogens (tertiary/aromatic N) is 2. The molecule has 1 aromatic heterocycles. The molecule has 138 valence electrons. The summed E-state index contributed by atoms with van der Waals surface area (Å²) in [5.74, 6) is -3.23. The number of carboxylic acids is 2. The van der Waals surface area contributed by atoms with Crippen molar-refractivity contribution in [1.82, 2.24) is 4.98 Å². The van der Waals surface area contributed by atoms with Gasteiger partial charge < -0.3 is 19.8 Å². The van der Waals surface area contributed by atoms with Crippen molar-refractivity contribution in [3.63, 3.8) is 0 Å². The first kappa shape index (κ1) is 20.6. The highest BCUT2D eigenvalue weighted by Crippen LogP contribution is 2.16. The van der Waals surface area contributed by atoms with Gasteiger partial charge in [-0.05, 0) is 34.6 Å². The van der Waals surface area contributed by atoms with Gasteiger partial charge in [0.2, 0.25) is 11.3 Å². The average molecular weight is 372 g/mol. The minimum absolute atomic E-state index is 0.0303. The highest BCUT2D eigenvalue weighted by Gasteiger charge is 2.31. The van der Waals surface area contributed by atoms with Crippen LogP contribution >= 0.6 is 11.3 Å². The SMILES string of the molecule is CC(C)(C)OC(=O)Cc1nc(/C(=N/OC(C)(C)C(=O)O)C(=O)O)cs1. The number of rotatable bonds is 7. The monoisotopic (exact) mass is 372 g/mol. The quantitative estimate of drug-likeness (QED) is 0.419. The molecule has 0 atom stereocenters. The number of thiazole rings is 1. The van der Waals surface area contributed by atoms with Gasteiger partial charge in [0.1, 0.15) is 16.3 Å². The molecular formula is C15H20N2O7S. The van der Waals surface area contributed by atoms with Gasteiger partial charge >= 0.3 is 17.9 Å². The highest BCUT2D eigenvalue weighted by molar-refractivity contribution is 7.10. The fraction of sp³-hybridized carbons (Fsp3) is 0.533. The van der Waals surface area contributed by atoms with E-state index in [9.17, 15) is 19.5 Å². The third-order valence-corrected chi connectivity index (χ3v) is 3.44. The molecule has 25 heavy (non-hydrogen) atoms. The molecule has 0 aliphatic rings. The van der Waals surface area contributed by atoms with Crippen LogP contribution in [-0.2, 0) is 30.4 Å². The molecule has 0 saturated carbocycles. The molecule has 0 unspecified atom stereocenters. The van der Waals surface area contributed by atoms with Gasteiger partial charge in [0.05, 0.1) is 6.42 Å². The second-order valence-corrected chi connectivity index (χ2v) is 7.48. The maximum absolute atomic E-state index is 11.8. The molecule has 1 heterocycles. The molecule has 0 saturated heterocycles. The smallest absolute Gasteiger partial charge is 0.360 e. The van der Waals surface area contributed by atoms with Crippen LogP contribution < -0.4 is 0 Å². The zero-order valence-electron chi connectivity index (χ0n) is 14.5. The number of ether oxygens (including phenoxy) is 1. The molecule has 0 aromatic carbocycles. The summed E-state index contributed by atoms with van der Waals surface area (Å²) in [6.45, 7) is 7.65. The number of aliphatic carboxylic acids is 2. The highest BCUT2D eigenvalue weighted by atomic mass is 32.1. The predicted molar refractivity (Wildman–Crippen MR) is 88.6 cm³/mol. The van der Waals surface area contributed by atoms with Crippen LogP contribution in [0.2, 0.25) is 0 Å². The van der Waals surface area contributed by atoms with Crippen LogP contribution in [0, 0.1) is 0 Å². The van der Waals surface area contributed by atoms with E-state index in [4.69, 9.17) is 14.7 Å². The summed E-state index contributed by atoms with van der Waals surface area (Å²) in [4.78, 5) is 42.9. The van der Waals surface area contributed by atoms with Crippen molar-refractivity contribution in [1.29, 1.82) is 0 Å². The maximum Gasteiger partial charge on any atom is 0.360 e. The van der Waals surface area contributed by atoms with Crippen molar-refractivity contribution in [2.24, 2.45) is 5.16 Å². The first-order valence-electron chi connectivity index (χ1n) is 7.21. The van der Waals surface area contributed by atoms with Crippen LogP contribution in [-0.4, -0.2) is 50.0 Å². The Bertz CT molecular complexity index is 701. The Morgan fingerprint density at radius 3 is 2.28 bits per heavy atom. The van der Waals surface area contributed by atoms with Gasteiger partial charge in [-0.3, -0.25) is 4.79 Å². The molecule has 0 aliphatic carbocycles. The summed E-state index contributed by atoms with van der Waals surface area (Å²) in [6, 6.07) is 0. The van der Waals surface area contributed by atoms with E-state index < -0.39 is 34.8 Å². The largest absolute Gasteiger partial charge is 0.478 e. The van der Waals surface area contributed by atoms with E-state index >= 15 is 0 Å². The molecular weight excluding hydrogens is 352 g/mol. The normalized spacial score (nSPS) is 12.6. The summed E-state index contributed by atoms with van der Waals surface area (Å²) >= 11 is 1.06. The Labute approximate surface area is 148 Å². The minimum atomic E-state index is -1.70. The van der Waals surface area contributed by atoms with E-state index in [0.29, 0.717) is 5.01 Å². The van der Waals surface area contributed by atoms with Crippen molar-refractivity contribution in [3.8, 4) is 0 Å². The van der Waals surface area contributed by atoms with Crippen molar-refractivity contribution in [2.45, 2.75) is 52.2 Å². The van der Waals surface area contributed by atoms with Crippen LogP contribution in [0.5, 0.6) is 0 Å². The summed E-state index contributed by atoms with van der Waals surface area (Å²) in [7, 11) is 0. The summed E-state index contributed by atoms with van der Waals surface area (Å²) in [5.41, 5.74) is -2.92. The van der Waals surface area contributed by atoms with E-state index in [1.807, 2.05) is 0 Å². The van der Waals surface area contributed by atoms with Crippen LogP contribution in [0.4, 0.5) is 0 Å². The second kappa shape index (κ2) is 7.60. The lowest BCUT2D eigenvalue weighted by molar-refractivity contribution is -0.161. The van der Waals surface area contributed by atoms with E-state index in [2.05, 4.69) is 10.1 Å². The Morgan fingerprint density at radius 2 is 1.80 bits per heavy atom. The van der Waals surface area contributed by atoms with Gasteiger partial charge in [-0.2, -0.15) is 0 Å². The average Bonchev–Trinajstić information content (AvgIpc) is 2.83. The Morgan fingerprint density at radius 1 is 1.20 bits per heavy atom. The van der Waals surface area contributed by atoms with Crippen LogP contribution in [0.3, 0.4) is 0 Å². The van der Waals surface area contributed by atoms with Crippen LogP contribution in [0.25, 0.3) is 0 Å². The zero-order chi connectivity index (χ0) is 19.4. The molecule has 0 bridgehead atoms. The fourth-order valence-electron chi connectivity index (χ4n) is 1.40.